The molecule has 1 aliphatic rings. The van der Waals surface area contributed by atoms with E-state index in [1.54, 1.807) is 19.2 Å². The Morgan fingerprint density at radius 3 is 2.40 bits per heavy atom. The second-order valence-electron chi connectivity index (χ2n) is 7.98. The molecule has 5 nitrogen and oxygen atoms in total. The summed E-state index contributed by atoms with van der Waals surface area (Å²) in [6.07, 6.45) is 5.68. The number of rotatable bonds is 7. The minimum Gasteiger partial charge on any atom is -0.497 e. The lowest BCUT2D eigenvalue weighted by Gasteiger charge is -2.36. The van der Waals surface area contributed by atoms with Crippen LogP contribution in [-0.4, -0.2) is 19.1 Å². The molecule has 2 aromatic rings. The zero-order chi connectivity index (χ0) is 21.6. The molecule has 0 bridgehead atoms. The summed E-state index contributed by atoms with van der Waals surface area (Å²) in [6, 6.07) is 15.2. The van der Waals surface area contributed by atoms with Crippen molar-refractivity contribution in [3.8, 4) is 17.6 Å². The SMILES string of the molecule is CC[C@@H](C)Oc1ccc(NC(=O)C2(c3ccc(OC)cc3)CCCCC2)c(C#N)c1. The van der Waals surface area contributed by atoms with Crippen LogP contribution < -0.4 is 14.8 Å². The van der Waals surface area contributed by atoms with Gasteiger partial charge in [0, 0.05) is 6.07 Å². The number of nitriles is 1. The fourth-order valence-corrected chi connectivity index (χ4v) is 4.07. The second-order valence-corrected chi connectivity index (χ2v) is 7.98. The molecule has 1 fully saturated rings. The zero-order valence-corrected chi connectivity index (χ0v) is 18.0. The Kier molecular flexibility index (Phi) is 6.99. The van der Waals surface area contributed by atoms with Gasteiger partial charge in [0.1, 0.15) is 17.6 Å². The molecule has 0 aromatic heterocycles. The van der Waals surface area contributed by atoms with Gasteiger partial charge in [-0.3, -0.25) is 4.79 Å². The molecule has 1 aliphatic carbocycles. The highest BCUT2D eigenvalue weighted by Crippen LogP contribution is 2.41. The largest absolute Gasteiger partial charge is 0.497 e. The molecule has 30 heavy (non-hydrogen) atoms. The van der Waals surface area contributed by atoms with Crippen LogP contribution in [0.3, 0.4) is 0 Å². The molecule has 1 saturated carbocycles. The first kappa shape index (κ1) is 21.7. The molecule has 0 saturated heterocycles. The Morgan fingerprint density at radius 1 is 1.13 bits per heavy atom. The third kappa shape index (κ3) is 4.59. The highest BCUT2D eigenvalue weighted by atomic mass is 16.5. The van der Waals surface area contributed by atoms with Crippen LogP contribution in [0.4, 0.5) is 5.69 Å². The van der Waals surface area contributed by atoms with Crippen molar-refractivity contribution in [3.63, 3.8) is 0 Å². The van der Waals surface area contributed by atoms with Crippen molar-refractivity contribution in [2.45, 2.75) is 63.9 Å². The van der Waals surface area contributed by atoms with Crippen molar-refractivity contribution in [2.75, 3.05) is 12.4 Å². The number of amides is 1. The van der Waals surface area contributed by atoms with Crippen molar-refractivity contribution < 1.29 is 14.3 Å². The standard InChI is InChI=1S/C25H30N2O3/c1-4-18(2)30-22-12-13-23(19(16-22)17-26)27-24(28)25(14-6-5-7-15-25)20-8-10-21(29-3)11-9-20/h8-13,16,18H,4-7,14-15H2,1-3H3,(H,27,28)/t18-/m1/s1. The van der Waals surface area contributed by atoms with Crippen LogP contribution in [-0.2, 0) is 10.2 Å². The lowest BCUT2D eigenvalue weighted by Crippen LogP contribution is -2.42. The Hall–Kier alpha value is -3.00. The average Bonchev–Trinajstić information content (AvgIpc) is 2.80. The molecule has 3 rings (SSSR count). The van der Waals surface area contributed by atoms with E-state index in [-0.39, 0.29) is 12.0 Å². The third-order valence-electron chi connectivity index (χ3n) is 6.06. The van der Waals surface area contributed by atoms with E-state index >= 15 is 0 Å². The summed E-state index contributed by atoms with van der Waals surface area (Å²) in [5.74, 6) is 1.36. The molecule has 5 heteroatoms. The number of hydrogen-bond donors (Lipinski definition) is 1. The number of nitrogens with zero attached hydrogens (tertiary/aromatic N) is 1. The monoisotopic (exact) mass is 406 g/mol. The quantitative estimate of drug-likeness (QED) is 0.651. The molecule has 1 N–H and O–H groups in total. The minimum atomic E-state index is -0.594. The van der Waals surface area contributed by atoms with Crippen molar-refractivity contribution in [2.24, 2.45) is 0 Å². The Morgan fingerprint density at radius 2 is 1.80 bits per heavy atom. The topological polar surface area (TPSA) is 71.3 Å². The fraction of sp³-hybridized carbons (Fsp3) is 0.440. The van der Waals surface area contributed by atoms with Crippen LogP contribution in [0, 0.1) is 11.3 Å². The van der Waals surface area contributed by atoms with E-state index in [9.17, 15) is 10.1 Å². The third-order valence-corrected chi connectivity index (χ3v) is 6.06. The van der Waals surface area contributed by atoms with Gasteiger partial charge in [-0.15, -0.1) is 0 Å². The van der Waals surface area contributed by atoms with E-state index in [2.05, 4.69) is 11.4 Å². The number of nitrogens with one attached hydrogen (secondary N) is 1. The van der Waals surface area contributed by atoms with E-state index < -0.39 is 5.41 Å². The van der Waals surface area contributed by atoms with E-state index in [0.29, 0.717) is 17.0 Å². The summed E-state index contributed by atoms with van der Waals surface area (Å²) in [5, 5.41) is 12.7. The Labute approximate surface area is 179 Å². The predicted octanol–water partition coefficient (Wildman–Crippen LogP) is 5.58. The van der Waals surface area contributed by atoms with Crippen LogP contribution in [0.5, 0.6) is 11.5 Å². The lowest BCUT2D eigenvalue weighted by atomic mass is 9.68. The molecule has 0 aliphatic heterocycles. The normalized spacial score (nSPS) is 16.2. The summed E-state index contributed by atoms with van der Waals surface area (Å²) in [5.41, 5.74) is 1.33. The van der Waals surface area contributed by atoms with Crippen LogP contribution in [0.15, 0.2) is 42.5 Å². The summed E-state index contributed by atoms with van der Waals surface area (Å²) in [6.45, 7) is 4.04. The Balaban J connectivity index is 1.88. The van der Waals surface area contributed by atoms with E-state index in [1.807, 2.05) is 44.2 Å². The van der Waals surface area contributed by atoms with Crippen LogP contribution in [0.2, 0.25) is 0 Å². The van der Waals surface area contributed by atoms with Gasteiger partial charge < -0.3 is 14.8 Å². The van der Waals surface area contributed by atoms with Gasteiger partial charge in [0.25, 0.3) is 0 Å². The molecule has 158 valence electrons. The number of carbonyl (C=O) groups excluding carboxylic acids is 1. The summed E-state index contributed by atoms with van der Waals surface area (Å²) < 4.78 is 11.1. The van der Waals surface area contributed by atoms with Gasteiger partial charge in [-0.25, -0.2) is 0 Å². The minimum absolute atomic E-state index is 0.0561. The van der Waals surface area contributed by atoms with Crippen molar-refractivity contribution in [1.82, 2.24) is 0 Å². The Bertz CT molecular complexity index is 909. The number of benzene rings is 2. The summed E-state index contributed by atoms with van der Waals surface area (Å²) >= 11 is 0. The molecule has 0 radical (unpaired) electrons. The number of hydrogen-bond acceptors (Lipinski definition) is 4. The molecule has 0 unspecified atom stereocenters. The number of anilines is 1. The molecule has 0 spiro atoms. The second kappa shape index (κ2) is 9.67. The zero-order valence-electron chi connectivity index (χ0n) is 18.0. The van der Waals surface area contributed by atoms with E-state index in [4.69, 9.17) is 9.47 Å². The van der Waals surface area contributed by atoms with Gasteiger partial charge in [-0.05, 0) is 56.0 Å². The molecular formula is C25H30N2O3. The molecular weight excluding hydrogens is 376 g/mol. The first-order chi connectivity index (χ1) is 14.5. The highest BCUT2D eigenvalue weighted by Gasteiger charge is 2.41. The maximum atomic E-state index is 13.5. The van der Waals surface area contributed by atoms with Gasteiger partial charge in [0.15, 0.2) is 0 Å². The average molecular weight is 407 g/mol. The summed E-state index contributed by atoms with van der Waals surface area (Å²) in [7, 11) is 1.64. The first-order valence-electron chi connectivity index (χ1n) is 10.7. The van der Waals surface area contributed by atoms with E-state index in [1.165, 1.54) is 0 Å². The lowest BCUT2D eigenvalue weighted by molar-refractivity contribution is -0.122. The van der Waals surface area contributed by atoms with Crippen molar-refractivity contribution in [1.29, 1.82) is 5.26 Å². The smallest absolute Gasteiger partial charge is 0.235 e. The van der Waals surface area contributed by atoms with Crippen molar-refractivity contribution >= 4 is 11.6 Å². The number of carbonyl (C=O) groups is 1. The maximum absolute atomic E-state index is 13.5. The molecule has 1 atom stereocenters. The fourth-order valence-electron chi connectivity index (χ4n) is 4.07. The molecule has 2 aromatic carbocycles. The van der Waals surface area contributed by atoms with E-state index in [0.717, 1.165) is 49.8 Å². The molecule has 1 amide bonds. The van der Waals surface area contributed by atoms with Crippen molar-refractivity contribution in [3.05, 3.63) is 53.6 Å². The maximum Gasteiger partial charge on any atom is 0.235 e. The van der Waals surface area contributed by atoms with Gasteiger partial charge in [-0.2, -0.15) is 5.26 Å². The number of methoxy groups -OCH3 is 1. The number of ether oxygens (including phenoxy) is 2. The van der Waals surface area contributed by atoms with Crippen LogP contribution in [0.25, 0.3) is 0 Å². The predicted molar refractivity (Wildman–Crippen MR) is 118 cm³/mol. The van der Waals surface area contributed by atoms with Gasteiger partial charge >= 0.3 is 0 Å². The van der Waals surface area contributed by atoms with Gasteiger partial charge in [0.2, 0.25) is 5.91 Å². The van der Waals surface area contributed by atoms with Crippen LogP contribution in [0.1, 0.15) is 63.5 Å². The highest BCUT2D eigenvalue weighted by molar-refractivity contribution is 6.00. The molecule has 0 heterocycles. The van der Waals surface area contributed by atoms with Gasteiger partial charge in [0.05, 0.1) is 29.9 Å². The van der Waals surface area contributed by atoms with Gasteiger partial charge in [-0.1, -0.05) is 38.3 Å². The van der Waals surface area contributed by atoms with Crippen LogP contribution >= 0.6 is 0 Å². The first-order valence-corrected chi connectivity index (χ1v) is 10.7. The summed E-state index contributed by atoms with van der Waals surface area (Å²) in [4.78, 5) is 13.5.